The minimum absolute atomic E-state index is 0.169. The second kappa shape index (κ2) is 5.12. The Morgan fingerprint density at radius 1 is 1.50 bits per heavy atom. The fraction of sp³-hybridized carbons (Fsp3) is 0.333. The lowest BCUT2D eigenvalue weighted by Gasteiger charge is -2.04. The number of hydrogen-bond acceptors (Lipinski definition) is 6. The molecule has 0 unspecified atom stereocenters. The summed E-state index contributed by atoms with van der Waals surface area (Å²) in [4.78, 5) is 23.5. The molecule has 0 aromatic carbocycles. The van der Waals surface area contributed by atoms with Crippen LogP contribution in [0.2, 0.25) is 0 Å². The summed E-state index contributed by atoms with van der Waals surface area (Å²) in [5.74, 6) is 1.53. The van der Waals surface area contributed by atoms with Gasteiger partial charge in [-0.1, -0.05) is 5.16 Å². The van der Waals surface area contributed by atoms with E-state index in [1.54, 1.807) is 18.7 Å². The lowest BCUT2D eigenvalue weighted by Crippen LogP contribution is -2.25. The topological polar surface area (TPSA) is 90.0 Å². The Bertz CT molecular complexity index is 722. The Morgan fingerprint density at radius 2 is 2.35 bits per heavy atom. The summed E-state index contributed by atoms with van der Waals surface area (Å²) < 4.78 is 6.35. The number of fused-ring (bicyclic) bond motifs is 1. The summed E-state index contributed by atoms with van der Waals surface area (Å²) >= 11 is 1.72. The van der Waals surface area contributed by atoms with Gasteiger partial charge in [0.15, 0.2) is 0 Å². The molecular formula is C12H12N4O3S. The predicted molar refractivity (Wildman–Crippen MR) is 73.6 cm³/mol. The van der Waals surface area contributed by atoms with E-state index in [1.807, 2.05) is 0 Å². The molecule has 0 fully saturated rings. The largest absolute Gasteiger partial charge is 0.338 e. The fourth-order valence-electron chi connectivity index (χ4n) is 1.92. The quantitative estimate of drug-likeness (QED) is 0.915. The first-order valence-electron chi connectivity index (χ1n) is 6.13. The summed E-state index contributed by atoms with van der Waals surface area (Å²) in [7, 11) is 0. The molecule has 8 heteroatoms. The van der Waals surface area contributed by atoms with Crippen LogP contribution in [-0.4, -0.2) is 20.8 Å². The average Bonchev–Trinajstić information content (AvgIpc) is 3.04. The number of nitrogens with one attached hydrogen (secondary N) is 1. The first-order valence-corrected chi connectivity index (χ1v) is 7.29. The average molecular weight is 292 g/mol. The van der Waals surface area contributed by atoms with E-state index in [9.17, 15) is 9.59 Å². The third kappa shape index (κ3) is 2.22. The predicted octanol–water partition coefficient (Wildman–Crippen LogP) is 1.25. The molecule has 0 bridgehead atoms. The van der Waals surface area contributed by atoms with Crippen LogP contribution in [0.15, 0.2) is 21.5 Å². The van der Waals surface area contributed by atoms with Crippen LogP contribution in [0.4, 0.5) is 5.88 Å². The Labute approximate surface area is 118 Å². The van der Waals surface area contributed by atoms with Crippen molar-refractivity contribution in [3.8, 4) is 0 Å². The summed E-state index contributed by atoms with van der Waals surface area (Å²) in [6, 6.07) is 2.72. The Morgan fingerprint density at radius 3 is 3.15 bits per heavy atom. The van der Waals surface area contributed by atoms with Gasteiger partial charge in [-0.3, -0.25) is 14.9 Å². The van der Waals surface area contributed by atoms with Gasteiger partial charge in [-0.05, 0) is 13.0 Å². The molecule has 1 aliphatic rings. The molecule has 1 amide bonds. The van der Waals surface area contributed by atoms with Gasteiger partial charge in [0.2, 0.25) is 5.88 Å². The number of aryl methyl sites for hydroxylation is 1. The number of aromatic nitrogens is 3. The fourth-order valence-corrected chi connectivity index (χ4v) is 2.94. The molecule has 2 aromatic heterocycles. The second-order valence-electron chi connectivity index (χ2n) is 4.26. The molecule has 104 valence electrons. The monoisotopic (exact) mass is 292 g/mol. The number of anilines is 1. The summed E-state index contributed by atoms with van der Waals surface area (Å²) in [5.41, 5.74) is 1.73. The number of nitrogens with zero attached hydrogens (tertiary/aromatic N) is 3. The van der Waals surface area contributed by atoms with Gasteiger partial charge in [-0.25, -0.2) is 4.68 Å². The Hall–Kier alpha value is -2.09. The molecule has 20 heavy (non-hydrogen) atoms. The number of thioether (sulfide) groups is 1. The molecule has 1 N–H and O–H groups in total. The van der Waals surface area contributed by atoms with Gasteiger partial charge in [0.05, 0.1) is 11.3 Å². The van der Waals surface area contributed by atoms with Crippen LogP contribution in [0.3, 0.4) is 0 Å². The first kappa shape index (κ1) is 12.9. The standard InChI is InChI=1S/C12H12N4O3S/c1-2-16-10(17)4-3-8(14-16)11(18)13-12-7-5-20-6-9(7)15-19-12/h3-4H,2,5-6H2,1H3,(H,13,18). The van der Waals surface area contributed by atoms with Crippen molar-refractivity contribution < 1.29 is 9.32 Å². The van der Waals surface area contributed by atoms with E-state index in [4.69, 9.17) is 4.52 Å². The normalized spacial score (nSPS) is 13.2. The molecule has 0 aliphatic carbocycles. The van der Waals surface area contributed by atoms with Crippen LogP contribution in [-0.2, 0) is 18.1 Å². The third-order valence-electron chi connectivity index (χ3n) is 2.98. The van der Waals surface area contributed by atoms with Crippen molar-refractivity contribution in [1.82, 2.24) is 14.9 Å². The van der Waals surface area contributed by atoms with E-state index in [-0.39, 0.29) is 11.3 Å². The molecule has 1 aliphatic heterocycles. The molecule has 0 saturated carbocycles. The lowest BCUT2D eigenvalue weighted by atomic mass is 10.3. The Balaban J connectivity index is 1.84. The molecule has 2 aromatic rings. The van der Waals surface area contributed by atoms with Crippen molar-refractivity contribution in [2.45, 2.75) is 25.0 Å². The van der Waals surface area contributed by atoms with Crippen molar-refractivity contribution in [2.24, 2.45) is 0 Å². The summed E-state index contributed by atoms with van der Waals surface area (Å²) in [6.45, 7) is 2.20. The van der Waals surface area contributed by atoms with Crippen molar-refractivity contribution >= 4 is 23.6 Å². The maximum atomic E-state index is 12.1. The second-order valence-corrected chi connectivity index (χ2v) is 5.24. The van der Waals surface area contributed by atoms with E-state index in [0.29, 0.717) is 12.4 Å². The number of rotatable bonds is 3. The number of hydrogen-bond donors (Lipinski definition) is 1. The molecule has 3 heterocycles. The first-order chi connectivity index (χ1) is 9.69. The van der Waals surface area contributed by atoms with Crippen LogP contribution >= 0.6 is 11.8 Å². The van der Waals surface area contributed by atoms with Crippen LogP contribution in [0.1, 0.15) is 28.7 Å². The maximum absolute atomic E-state index is 12.1. The van der Waals surface area contributed by atoms with E-state index in [1.165, 1.54) is 16.8 Å². The van der Waals surface area contributed by atoms with Gasteiger partial charge in [0.1, 0.15) is 5.69 Å². The zero-order chi connectivity index (χ0) is 14.1. The highest BCUT2D eigenvalue weighted by Gasteiger charge is 2.23. The van der Waals surface area contributed by atoms with Gasteiger partial charge in [-0.2, -0.15) is 16.9 Å². The van der Waals surface area contributed by atoms with Crippen molar-refractivity contribution in [2.75, 3.05) is 5.32 Å². The lowest BCUT2D eigenvalue weighted by molar-refractivity contribution is 0.101. The summed E-state index contributed by atoms with van der Waals surface area (Å²) in [6.07, 6.45) is 0. The van der Waals surface area contributed by atoms with Crippen molar-refractivity contribution in [3.63, 3.8) is 0 Å². The summed E-state index contributed by atoms with van der Waals surface area (Å²) in [5, 5.41) is 10.5. The van der Waals surface area contributed by atoms with Gasteiger partial charge in [0.25, 0.3) is 11.5 Å². The SMILES string of the molecule is CCn1nc(C(=O)Nc2onc3c2CSC3)ccc1=O. The number of amides is 1. The van der Waals surface area contributed by atoms with Crippen LogP contribution < -0.4 is 10.9 Å². The van der Waals surface area contributed by atoms with Gasteiger partial charge < -0.3 is 4.52 Å². The Kier molecular flexibility index (Phi) is 3.31. The molecule has 0 atom stereocenters. The molecule has 3 rings (SSSR count). The van der Waals surface area contributed by atoms with Crippen LogP contribution in [0.5, 0.6) is 0 Å². The highest BCUT2D eigenvalue weighted by molar-refractivity contribution is 7.98. The van der Waals surface area contributed by atoms with Crippen molar-refractivity contribution in [3.05, 3.63) is 39.4 Å². The van der Waals surface area contributed by atoms with E-state index < -0.39 is 5.91 Å². The highest BCUT2D eigenvalue weighted by Crippen LogP contribution is 2.34. The van der Waals surface area contributed by atoms with Gasteiger partial charge in [0, 0.05) is 24.1 Å². The zero-order valence-corrected chi connectivity index (χ0v) is 11.6. The minimum atomic E-state index is -0.414. The smallest absolute Gasteiger partial charge is 0.278 e. The van der Waals surface area contributed by atoms with E-state index in [0.717, 1.165) is 22.8 Å². The van der Waals surface area contributed by atoms with Gasteiger partial charge >= 0.3 is 0 Å². The molecule has 7 nitrogen and oxygen atoms in total. The molecule has 0 radical (unpaired) electrons. The molecule has 0 spiro atoms. The highest BCUT2D eigenvalue weighted by atomic mass is 32.2. The van der Waals surface area contributed by atoms with Gasteiger partial charge in [-0.15, -0.1) is 0 Å². The van der Waals surface area contributed by atoms with Crippen molar-refractivity contribution in [1.29, 1.82) is 0 Å². The number of carbonyl (C=O) groups excluding carboxylic acids is 1. The molecular weight excluding hydrogens is 280 g/mol. The van der Waals surface area contributed by atoms with E-state index >= 15 is 0 Å². The minimum Gasteiger partial charge on any atom is -0.338 e. The molecule has 0 saturated heterocycles. The van der Waals surface area contributed by atoms with Crippen LogP contribution in [0, 0.1) is 0 Å². The maximum Gasteiger partial charge on any atom is 0.278 e. The number of carbonyl (C=O) groups is 1. The van der Waals surface area contributed by atoms with Crippen LogP contribution in [0.25, 0.3) is 0 Å². The zero-order valence-electron chi connectivity index (χ0n) is 10.8. The third-order valence-corrected chi connectivity index (χ3v) is 3.95. The van der Waals surface area contributed by atoms with E-state index in [2.05, 4.69) is 15.6 Å².